The Morgan fingerprint density at radius 1 is 1.26 bits per heavy atom. The summed E-state index contributed by atoms with van der Waals surface area (Å²) in [6, 6.07) is 6.97. The van der Waals surface area contributed by atoms with E-state index in [1.807, 2.05) is 6.92 Å². The second-order valence-corrected chi connectivity index (χ2v) is 6.86. The lowest BCUT2D eigenvalue weighted by molar-refractivity contribution is -0.123. The van der Waals surface area contributed by atoms with Gasteiger partial charge < -0.3 is 10.2 Å². The van der Waals surface area contributed by atoms with Crippen LogP contribution in [0.5, 0.6) is 0 Å². The van der Waals surface area contributed by atoms with Crippen molar-refractivity contribution in [1.82, 2.24) is 10.2 Å². The molecular formula is C19H29FN2O. The van der Waals surface area contributed by atoms with Crippen molar-refractivity contribution in [3.8, 4) is 0 Å². The van der Waals surface area contributed by atoms with Gasteiger partial charge in [-0.15, -0.1) is 0 Å². The smallest absolute Gasteiger partial charge is 0.220 e. The average molecular weight is 320 g/mol. The summed E-state index contributed by atoms with van der Waals surface area (Å²) in [4.78, 5) is 14.8. The van der Waals surface area contributed by atoms with Gasteiger partial charge in [0, 0.05) is 12.5 Å². The third-order valence-corrected chi connectivity index (χ3v) is 4.87. The first kappa shape index (κ1) is 17.9. The van der Waals surface area contributed by atoms with E-state index in [9.17, 15) is 9.18 Å². The molecule has 1 aliphatic heterocycles. The Labute approximate surface area is 139 Å². The molecule has 1 aliphatic rings. The Bertz CT molecular complexity index is 493. The third kappa shape index (κ3) is 5.31. The number of nitrogens with zero attached hydrogens (tertiary/aromatic N) is 1. The summed E-state index contributed by atoms with van der Waals surface area (Å²) in [6.45, 7) is 8.66. The second kappa shape index (κ2) is 8.44. The van der Waals surface area contributed by atoms with Crippen molar-refractivity contribution < 1.29 is 9.18 Å². The first-order chi connectivity index (χ1) is 11.0. The zero-order chi connectivity index (χ0) is 16.8. The zero-order valence-electron chi connectivity index (χ0n) is 14.5. The summed E-state index contributed by atoms with van der Waals surface area (Å²) in [6.07, 6.45) is 3.60. The lowest BCUT2D eigenvalue weighted by Gasteiger charge is -2.34. The van der Waals surface area contributed by atoms with Crippen LogP contribution in [-0.4, -0.2) is 29.9 Å². The lowest BCUT2D eigenvalue weighted by atomic mass is 9.92. The van der Waals surface area contributed by atoms with Crippen molar-refractivity contribution in [1.29, 1.82) is 0 Å². The number of nitrogens with one attached hydrogen (secondary N) is 1. The highest BCUT2D eigenvalue weighted by Gasteiger charge is 2.23. The maximum atomic E-state index is 13.0. The summed E-state index contributed by atoms with van der Waals surface area (Å²) < 4.78 is 13.0. The van der Waals surface area contributed by atoms with E-state index in [0.717, 1.165) is 37.9 Å². The molecule has 0 spiro atoms. The highest BCUT2D eigenvalue weighted by Crippen LogP contribution is 2.23. The predicted octanol–water partition coefficient (Wildman–Crippen LogP) is 3.90. The van der Waals surface area contributed by atoms with Crippen LogP contribution in [0.15, 0.2) is 24.3 Å². The van der Waals surface area contributed by atoms with Gasteiger partial charge in [-0.05, 0) is 69.8 Å². The van der Waals surface area contributed by atoms with Crippen molar-refractivity contribution in [2.24, 2.45) is 5.92 Å². The average Bonchev–Trinajstić information content (AvgIpc) is 2.54. The van der Waals surface area contributed by atoms with E-state index >= 15 is 0 Å². The third-order valence-electron chi connectivity index (χ3n) is 4.87. The van der Waals surface area contributed by atoms with E-state index in [0.29, 0.717) is 18.4 Å². The number of hydrogen-bond donors (Lipinski definition) is 1. The molecule has 1 heterocycles. The molecule has 3 nitrogen and oxygen atoms in total. The van der Waals surface area contributed by atoms with Crippen LogP contribution in [0.25, 0.3) is 0 Å². The van der Waals surface area contributed by atoms with E-state index in [1.54, 1.807) is 12.1 Å². The second-order valence-electron chi connectivity index (χ2n) is 6.86. The number of amides is 1. The molecule has 1 amide bonds. The van der Waals surface area contributed by atoms with Crippen molar-refractivity contribution in [2.45, 2.75) is 58.5 Å². The number of carbonyl (C=O) groups is 1. The first-order valence-electron chi connectivity index (χ1n) is 8.78. The summed E-state index contributed by atoms with van der Waals surface area (Å²) in [7, 11) is 0. The molecular weight excluding hydrogens is 291 g/mol. The summed E-state index contributed by atoms with van der Waals surface area (Å²) in [5.74, 6) is 0.353. The molecule has 1 aromatic carbocycles. The number of carbonyl (C=O) groups excluding carboxylic acids is 1. The molecule has 23 heavy (non-hydrogen) atoms. The van der Waals surface area contributed by atoms with Crippen LogP contribution in [0.3, 0.4) is 0 Å². The van der Waals surface area contributed by atoms with Gasteiger partial charge in [-0.2, -0.15) is 0 Å². The fourth-order valence-corrected chi connectivity index (χ4v) is 3.31. The molecule has 1 N–H and O–H groups in total. The van der Waals surface area contributed by atoms with Crippen LogP contribution in [-0.2, 0) is 4.79 Å². The fraction of sp³-hybridized carbons (Fsp3) is 0.632. The quantitative estimate of drug-likeness (QED) is 0.862. The minimum atomic E-state index is -0.244. The van der Waals surface area contributed by atoms with E-state index in [1.165, 1.54) is 12.1 Å². The number of benzene rings is 1. The highest BCUT2D eigenvalue weighted by molar-refractivity contribution is 5.76. The minimum absolute atomic E-state index is 0.0288. The Kier molecular flexibility index (Phi) is 6.58. The Hall–Kier alpha value is -1.42. The first-order valence-corrected chi connectivity index (χ1v) is 8.78. The summed E-state index contributed by atoms with van der Waals surface area (Å²) in [5, 5.41) is 3.11. The lowest BCUT2D eigenvalue weighted by Crippen LogP contribution is -2.40. The predicted molar refractivity (Wildman–Crippen MR) is 91.6 cm³/mol. The van der Waals surface area contributed by atoms with Gasteiger partial charge in [0.25, 0.3) is 0 Å². The van der Waals surface area contributed by atoms with Gasteiger partial charge in [0.1, 0.15) is 5.82 Å². The number of hydrogen-bond acceptors (Lipinski definition) is 2. The molecule has 1 unspecified atom stereocenters. The Morgan fingerprint density at radius 2 is 1.87 bits per heavy atom. The van der Waals surface area contributed by atoms with Crippen LogP contribution >= 0.6 is 0 Å². The molecule has 1 saturated heterocycles. The normalized spacial score (nSPS) is 18.1. The van der Waals surface area contributed by atoms with Gasteiger partial charge in [-0.1, -0.05) is 19.1 Å². The Balaban J connectivity index is 1.82. The van der Waals surface area contributed by atoms with Gasteiger partial charge >= 0.3 is 0 Å². The van der Waals surface area contributed by atoms with Crippen molar-refractivity contribution in [3.63, 3.8) is 0 Å². The molecule has 0 bridgehead atoms. The number of piperidine rings is 1. The largest absolute Gasteiger partial charge is 0.349 e. The molecule has 0 saturated carbocycles. The van der Waals surface area contributed by atoms with Crippen LogP contribution in [0.4, 0.5) is 4.39 Å². The van der Waals surface area contributed by atoms with Gasteiger partial charge in [0.05, 0.1) is 6.04 Å². The van der Waals surface area contributed by atoms with Gasteiger partial charge in [-0.25, -0.2) is 4.39 Å². The number of likely N-dealkylation sites (tertiary alicyclic amines) is 1. The summed E-state index contributed by atoms with van der Waals surface area (Å²) >= 11 is 0. The Morgan fingerprint density at radius 3 is 2.39 bits per heavy atom. The van der Waals surface area contributed by atoms with Crippen LogP contribution < -0.4 is 5.32 Å². The van der Waals surface area contributed by atoms with Crippen molar-refractivity contribution in [2.75, 3.05) is 13.1 Å². The van der Waals surface area contributed by atoms with Gasteiger partial charge in [-0.3, -0.25) is 4.79 Å². The van der Waals surface area contributed by atoms with Crippen LogP contribution in [0.2, 0.25) is 0 Å². The SMILES string of the molecule is CCC(NC(=O)CC1CCN(C(C)C)CC1)c1ccc(F)cc1. The zero-order valence-corrected chi connectivity index (χ0v) is 14.5. The fourth-order valence-electron chi connectivity index (χ4n) is 3.31. The summed E-state index contributed by atoms with van der Waals surface area (Å²) in [5.41, 5.74) is 0.969. The molecule has 1 aromatic rings. The number of halogens is 1. The van der Waals surface area contributed by atoms with E-state index in [2.05, 4.69) is 24.1 Å². The van der Waals surface area contributed by atoms with Crippen molar-refractivity contribution in [3.05, 3.63) is 35.6 Å². The van der Waals surface area contributed by atoms with Gasteiger partial charge in [0.15, 0.2) is 0 Å². The molecule has 0 radical (unpaired) electrons. The van der Waals surface area contributed by atoms with E-state index < -0.39 is 0 Å². The van der Waals surface area contributed by atoms with Crippen molar-refractivity contribution >= 4 is 5.91 Å². The van der Waals surface area contributed by atoms with Gasteiger partial charge in [0.2, 0.25) is 5.91 Å². The van der Waals surface area contributed by atoms with Crippen LogP contribution in [0.1, 0.15) is 58.1 Å². The topological polar surface area (TPSA) is 32.3 Å². The van der Waals surface area contributed by atoms with E-state index in [4.69, 9.17) is 0 Å². The molecule has 0 aromatic heterocycles. The monoisotopic (exact) mass is 320 g/mol. The molecule has 4 heteroatoms. The molecule has 2 rings (SSSR count). The molecule has 128 valence electrons. The molecule has 0 aliphatic carbocycles. The molecule has 1 atom stereocenters. The van der Waals surface area contributed by atoms with Crippen LogP contribution in [0, 0.1) is 11.7 Å². The highest BCUT2D eigenvalue weighted by atomic mass is 19.1. The standard InChI is InChI=1S/C19H29FN2O/c1-4-18(16-5-7-17(20)8-6-16)21-19(23)13-15-9-11-22(12-10-15)14(2)3/h5-8,14-15,18H,4,9-13H2,1-3H3,(H,21,23). The number of rotatable bonds is 6. The maximum Gasteiger partial charge on any atom is 0.220 e. The maximum absolute atomic E-state index is 13.0. The molecule has 1 fully saturated rings. The van der Waals surface area contributed by atoms with E-state index in [-0.39, 0.29) is 17.8 Å². The minimum Gasteiger partial charge on any atom is -0.349 e.